The molecule has 12 heteroatoms. The number of carbonyl (C=O) groups is 1. The molecule has 0 unspecified atom stereocenters. The summed E-state index contributed by atoms with van der Waals surface area (Å²) >= 11 is 0. The summed E-state index contributed by atoms with van der Waals surface area (Å²) in [5.74, 6) is -3.06. The van der Waals surface area contributed by atoms with E-state index in [2.05, 4.69) is 4.98 Å². The third-order valence-electron chi connectivity index (χ3n) is 5.17. The zero-order valence-electron chi connectivity index (χ0n) is 18.1. The maximum Gasteiger partial charge on any atom is 0.408 e. The third-order valence-corrected chi connectivity index (χ3v) is 5.17. The number of halogens is 6. The molecule has 0 aliphatic carbocycles. The van der Waals surface area contributed by atoms with Crippen molar-refractivity contribution >= 4 is 22.8 Å². The topological polar surface area (TPSA) is 67.2 Å². The van der Waals surface area contributed by atoms with Crippen LogP contribution < -0.4 is 15.6 Å². The van der Waals surface area contributed by atoms with Gasteiger partial charge in [-0.1, -0.05) is 6.92 Å². The van der Waals surface area contributed by atoms with Crippen LogP contribution in [0.1, 0.15) is 23.7 Å². The van der Waals surface area contributed by atoms with E-state index < -0.39 is 53.8 Å². The van der Waals surface area contributed by atoms with E-state index in [1.54, 1.807) is 5.32 Å². The van der Waals surface area contributed by atoms with Gasteiger partial charge < -0.3 is 10.2 Å². The normalized spacial score (nSPS) is 12.6. The van der Waals surface area contributed by atoms with Gasteiger partial charge in [-0.25, -0.2) is 18.2 Å². The Morgan fingerprint density at radius 2 is 1.91 bits per heavy atom. The minimum absolute atomic E-state index is 0.0377. The number of amides is 1. The van der Waals surface area contributed by atoms with Crippen molar-refractivity contribution < 1.29 is 31.1 Å². The molecule has 1 atom stereocenters. The van der Waals surface area contributed by atoms with Gasteiger partial charge in [-0.05, 0) is 30.7 Å². The maximum absolute atomic E-state index is 14.6. The lowest BCUT2D eigenvalue weighted by molar-refractivity contribution is -0.153. The minimum atomic E-state index is -4.75. The Balaban J connectivity index is 2.26. The van der Waals surface area contributed by atoms with Gasteiger partial charge in [0.2, 0.25) is 5.43 Å². The van der Waals surface area contributed by atoms with E-state index in [0.717, 1.165) is 22.9 Å². The standard InChI is InChI=1S/C22H20F6N4O2/c1-3-17(22(26,27)28)29-21(34)14-11-32(16-6-4-12(24)10-15(16)25)20-13(19(14)33)5-7-18(30-20)31(2)9-8-23/h4-7,10-11,17H,3,8-9H2,1-2H3,(H,29,34)/t17-/m0/s1. The summed E-state index contributed by atoms with van der Waals surface area (Å²) in [6.45, 7) is 0.473. The van der Waals surface area contributed by atoms with E-state index in [0.29, 0.717) is 6.07 Å². The van der Waals surface area contributed by atoms with Crippen molar-refractivity contribution in [3.05, 3.63) is 63.9 Å². The van der Waals surface area contributed by atoms with Gasteiger partial charge in [0.15, 0.2) is 5.65 Å². The Bertz CT molecular complexity index is 1270. The van der Waals surface area contributed by atoms with Crippen LogP contribution in [-0.2, 0) is 0 Å². The molecule has 0 bridgehead atoms. The SMILES string of the molecule is CC[C@H](NC(=O)c1cn(-c2ccc(F)cc2F)c2nc(N(C)CCF)ccc2c1=O)C(F)(F)F. The molecule has 0 aliphatic rings. The van der Waals surface area contributed by atoms with Crippen LogP contribution in [0.15, 0.2) is 41.3 Å². The Hall–Kier alpha value is -3.57. The van der Waals surface area contributed by atoms with E-state index in [4.69, 9.17) is 0 Å². The smallest absolute Gasteiger partial charge is 0.357 e. The highest BCUT2D eigenvalue weighted by Gasteiger charge is 2.39. The molecule has 0 saturated heterocycles. The van der Waals surface area contributed by atoms with E-state index in [1.165, 1.54) is 31.0 Å². The van der Waals surface area contributed by atoms with Gasteiger partial charge in [0.25, 0.3) is 5.91 Å². The Labute approximate surface area is 189 Å². The molecule has 0 aliphatic heterocycles. The number of fused-ring (bicyclic) bond motifs is 1. The predicted molar refractivity (Wildman–Crippen MR) is 114 cm³/mol. The number of aromatic nitrogens is 2. The van der Waals surface area contributed by atoms with E-state index >= 15 is 0 Å². The molecule has 6 nitrogen and oxygen atoms in total. The molecular formula is C22H20F6N4O2. The molecule has 0 saturated carbocycles. The van der Waals surface area contributed by atoms with Gasteiger partial charge >= 0.3 is 6.18 Å². The van der Waals surface area contributed by atoms with Gasteiger partial charge in [0, 0.05) is 25.9 Å². The molecule has 3 aromatic rings. The fraction of sp³-hybridized carbons (Fsp3) is 0.318. The summed E-state index contributed by atoms with van der Waals surface area (Å²) < 4.78 is 81.3. The van der Waals surface area contributed by atoms with Crippen molar-refractivity contribution in [2.45, 2.75) is 25.6 Å². The highest BCUT2D eigenvalue weighted by atomic mass is 19.4. The molecule has 1 aromatic carbocycles. The number of hydrogen-bond acceptors (Lipinski definition) is 4. The molecule has 0 radical (unpaired) electrons. The number of alkyl halides is 4. The third kappa shape index (κ3) is 5.00. The average Bonchev–Trinajstić information content (AvgIpc) is 2.77. The van der Waals surface area contributed by atoms with Crippen LogP contribution in [0.4, 0.5) is 32.2 Å². The fourth-order valence-corrected chi connectivity index (χ4v) is 3.32. The lowest BCUT2D eigenvalue weighted by atomic mass is 10.1. The van der Waals surface area contributed by atoms with Crippen LogP contribution in [-0.4, -0.2) is 47.9 Å². The molecule has 1 N–H and O–H groups in total. The van der Waals surface area contributed by atoms with Crippen LogP contribution in [0.3, 0.4) is 0 Å². The summed E-state index contributed by atoms with van der Waals surface area (Å²) in [5, 5.41) is 1.58. The first-order valence-corrected chi connectivity index (χ1v) is 10.1. The number of benzene rings is 1. The molecule has 34 heavy (non-hydrogen) atoms. The summed E-state index contributed by atoms with van der Waals surface area (Å²) in [6.07, 6.45) is -4.37. The van der Waals surface area contributed by atoms with Crippen LogP contribution in [0.5, 0.6) is 0 Å². The molecule has 0 fully saturated rings. The fourth-order valence-electron chi connectivity index (χ4n) is 3.32. The van der Waals surface area contributed by atoms with Crippen molar-refractivity contribution in [3.63, 3.8) is 0 Å². The van der Waals surface area contributed by atoms with Crippen molar-refractivity contribution in [3.8, 4) is 5.69 Å². The van der Waals surface area contributed by atoms with Crippen LogP contribution in [0.2, 0.25) is 0 Å². The molecule has 1 amide bonds. The lowest BCUT2D eigenvalue weighted by Crippen LogP contribution is -2.46. The molecule has 2 aromatic heterocycles. The Morgan fingerprint density at radius 1 is 1.21 bits per heavy atom. The molecule has 0 spiro atoms. The van der Waals surface area contributed by atoms with Gasteiger partial charge in [0.1, 0.15) is 35.7 Å². The summed E-state index contributed by atoms with van der Waals surface area (Å²) in [4.78, 5) is 31.3. The van der Waals surface area contributed by atoms with Gasteiger partial charge in [-0.3, -0.25) is 14.2 Å². The largest absolute Gasteiger partial charge is 0.408 e. The van der Waals surface area contributed by atoms with E-state index in [-0.39, 0.29) is 29.1 Å². The lowest BCUT2D eigenvalue weighted by Gasteiger charge is -2.21. The van der Waals surface area contributed by atoms with Crippen LogP contribution >= 0.6 is 0 Å². The second-order valence-corrected chi connectivity index (χ2v) is 7.46. The first-order valence-electron chi connectivity index (χ1n) is 10.1. The summed E-state index contributed by atoms with van der Waals surface area (Å²) in [5.41, 5.74) is -2.08. The summed E-state index contributed by atoms with van der Waals surface area (Å²) in [7, 11) is 1.53. The average molecular weight is 486 g/mol. The maximum atomic E-state index is 14.6. The second-order valence-electron chi connectivity index (χ2n) is 7.46. The van der Waals surface area contributed by atoms with Gasteiger partial charge in [0.05, 0.1) is 11.1 Å². The zero-order chi connectivity index (χ0) is 25.2. The summed E-state index contributed by atoms with van der Waals surface area (Å²) in [6, 6.07) is 2.93. The first kappa shape index (κ1) is 25.1. The molecule has 182 valence electrons. The number of anilines is 1. The highest BCUT2D eigenvalue weighted by molar-refractivity contribution is 5.97. The predicted octanol–water partition coefficient (Wildman–Crippen LogP) is 4.14. The number of nitrogens with one attached hydrogen (secondary N) is 1. The van der Waals surface area contributed by atoms with Crippen LogP contribution in [0.25, 0.3) is 16.7 Å². The van der Waals surface area contributed by atoms with E-state index in [9.17, 15) is 35.9 Å². The van der Waals surface area contributed by atoms with E-state index in [1.807, 2.05) is 0 Å². The Kier molecular flexibility index (Phi) is 7.18. The number of nitrogens with zero attached hydrogens (tertiary/aromatic N) is 3. The van der Waals surface area contributed by atoms with Crippen molar-refractivity contribution in [1.82, 2.24) is 14.9 Å². The number of rotatable bonds is 7. The molecule has 2 heterocycles. The number of hydrogen-bond donors (Lipinski definition) is 1. The van der Waals surface area contributed by atoms with Crippen molar-refractivity contribution in [1.29, 1.82) is 0 Å². The van der Waals surface area contributed by atoms with Crippen molar-refractivity contribution in [2.24, 2.45) is 0 Å². The van der Waals surface area contributed by atoms with Gasteiger partial charge in [-0.15, -0.1) is 0 Å². The number of pyridine rings is 2. The Morgan fingerprint density at radius 3 is 2.50 bits per heavy atom. The quantitative estimate of drug-likeness (QED) is 0.510. The second kappa shape index (κ2) is 9.74. The van der Waals surface area contributed by atoms with Crippen LogP contribution in [0, 0.1) is 11.6 Å². The zero-order valence-corrected chi connectivity index (χ0v) is 18.1. The monoisotopic (exact) mass is 486 g/mol. The van der Waals surface area contributed by atoms with Gasteiger partial charge in [-0.2, -0.15) is 13.2 Å². The first-order chi connectivity index (χ1) is 16.0. The highest BCUT2D eigenvalue weighted by Crippen LogP contribution is 2.24. The minimum Gasteiger partial charge on any atom is -0.357 e. The molecule has 3 rings (SSSR count). The number of carbonyl (C=O) groups excluding carboxylic acids is 1. The van der Waals surface area contributed by atoms with Crippen molar-refractivity contribution in [2.75, 3.05) is 25.2 Å². The molecular weight excluding hydrogens is 466 g/mol.